The summed E-state index contributed by atoms with van der Waals surface area (Å²) in [6.07, 6.45) is 14.1. The average molecular weight is 433 g/mol. The highest BCUT2D eigenvalue weighted by Crippen LogP contribution is 2.37. The van der Waals surface area contributed by atoms with E-state index in [0.717, 1.165) is 52.8 Å². The van der Waals surface area contributed by atoms with Crippen molar-refractivity contribution in [3.8, 4) is 11.5 Å². The van der Waals surface area contributed by atoms with Gasteiger partial charge in [0.1, 0.15) is 11.5 Å². The van der Waals surface area contributed by atoms with Crippen molar-refractivity contribution >= 4 is 0 Å². The fourth-order valence-corrected chi connectivity index (χ4v) is 4.82. The molecular formula is C29H52O2. The number of phenolic OH excluding ortho intramolecular Hbond substituents is 2. The molecule has 0 heterocycles. The van der Waals surface area contributed by atoms with Crippen molar-refractivity contribution in [2.24, 2.45) is 23.7 Å². The Labute approximate surface area is 193 Å². The van der Waals surface area contributed by atoms with E-state index < -0.39 is 0 Å². The van der Waals surface area contributed by atoms with Crippen molar-refractivity contribution in [2.45, 2.75) is 126 Å². The van der Waals surface area contributed by atoms with Gasteiger partial charge in [-0.1, -0.05) is 92.4 Å². The second-order valence-electron chi connectivity index (χ2n) is 11.1. The van der Waals surface area contributed by atoms with E-state index in [9.17, 15) is 10.2 Å². The van der Waals surface area contributed by atoms with Gasteiger partial charge in [-0.25, -0.2) is 0 Å². The number of hydrogen-bond donors (Lipinski definition) is 2. The Morgan fingerprint density at radius 2 is 0.903 bits per heavy atom. The molecule has 0 spiro atoms. The summed E-state index contributed by atoms with van der Waals surface area (Å²) in [6.45, 7) is 17.5. The highest BCUT2D eigenvalue weighted by molar-refractivity contribution is 5.56. The van der Waals surface area contributed by atoms with E-state index in [-0.39, 0.29) is 0 Å². The van der Waals surface area contributed by atoms with Crippen LogP contribution in [-0.2, 0) is 6.42 Å². The van der Waals surface area contributed by atoms with Crippen molar-refractivity contribution in [1.29, 1.82) is 0 Å². The molecule has 2 heteroatoms. The molecular weight excluding hydrogens is 380 g/mol. The van der Waals surface area contributed by atoms with E-state index in [1.807, 2.05) is 20.8 Å². The zero-order chi connectivity index (χ0) is 23.6. The van der Waals surface area contributed by atoms with Gasteiger partial charge in [-0.15, -0.1) is 0 Å². The van der Waals surface area contributed by atoms with E-state index >= 15 is 0 Å². The van der Waals surface area contributed by atoms with Crippen molar-refractivity contribution in [2.75, 3.05) is 0 Å². The van der Waals surface area contributed by atoms with E-state index in [0.29, 0.717) is 17.4 Å². The number of benzene rings is 1. The molecule has 1 aromatic rings. The van der Waals surface area contributed by atoms with E-state index in [4.69, 9.17) is 0 Å². The molecule has 0 saturated carbocycles. The Morgan fingerprint density at radius 1 is 0.516 bits per heavy atom. The maximum absolute atomic E-state index is 10.5. The lowest BCUT2D eigenvalue weighted by Gasteiger charge is -2.18. The Hall–Kier alpha value is -1.18. The minimum absolute atomic E-state index is 0.348. The fraction of sp³-hybridized carbons (Fsp3) is 0.793. The molecule has 0 fully saturated rings. The van der Waals surface area contributed by atoms with Crippen LogP contribution in [0.25, 0.3) is 0 Å². The van der Waals surface area contributed by atoms with Gasteiger partial charge in [0, 0.05) is 5.56 Å². The van der Waals surface area contributed by atoms with E-state index in [1.165, 1.54) is 57.8 Å². The zero-order valence-corrected chi connectivity index (χ0v) is 22.0. The van der Waals surface area contributed by atoms with Crippen molar-refractivity contribution in [3.63, 3.8) is 0 Å². The molecule has 1 aromatic carbocycles. The summed E-state index contributed by atoms with van der Waals surface area (Å²) < 4.78 is 0. The van der Waals surface area contributed by atoms with Crippen molar-refractivity contribution in [1.82, 2.24) is 0 Å². The Morgan fingerprint density at radius 3 is 1.35 bits per heavy atom. The largest absolute Gasteiger partial charge is 0.507 e. The Kier molecular flexibility index (Phi) is 12.6. The van der Waals surface area contributed by atoms with Crippen LogP contribution in [0.15, 0.2) is 0 Å². The lowest BCUT2D eigenvalue weighted by atomic mass is 9.89. The van der Waals surface area contributed by atoms with Gasteiger partial charge in [0.25, 0.3) is 0 Å². The first-order valence-corrected chi connectivity index (χ1v) is 13.0. The molecule has 2 nitrogen and oxygen atoms in total. The summed E-state index contributed by atoms with van der Waals surface area (Å²) >= 11 is 0. The van der Waals surface area contributed by atoms with E-state index in [2.05, 4.69) is 34.6 Å². The first kappa shape index (κ1) is 27.9. The topological polar surface area (TPSA) is 40.5 Å². The lowest BCUT2D eigenvalue weighted by molar-refractivity contribution is 0.373. The third-order valence-electron chi connectivity index (χ3n) is 7.52. The summed E-state index contributed by atoms with van der Waals surface area (Å²) in [4.78, 5) is 0. The molecule has 0 amide bonds. The molecule has 0 aliphatic heterocycles. The molecule has 2 N–H and O–H groups in total. The predicted molar refractivity (Wildman–Crippen MR) is 136 cm³/mol. The zero-order valence-electron chi connectivity index (χ0n) is 22.0. The molecule has 31 heavy (non-hydrogen) atoms. The van der Waals surface area contributed by atoms with Crippen LogP contribution < -0.4 is 0 Å². The molecule has 0 aromatic heterocycles. The third kappa shape index (κ3) is 9.87. The first-order chi connectivity index (χ1) is 14.5. The summed E-state index contributed by atoms with van der Waals surface area (Å²) in [7, 11) is 0. The van der Waals surface area contributed by atoms with Gasteiger partial charge in [-0.3, -0.25) is 0 Å². The standard InChI is InChI=1S/C29H52O2/c1-20(2)12-9-13-21(3)14-10-15-22(4)16-11-17-23(5)18-19-27-26(8)28(30)24(6)25(7)29(27)31/h20-23,30-31H,9-19H2,1-8H3/t21-,22-,23-/m1/s1. The van der Waals surface area contributed by atoms with Crippen LogP contribution in [-0.4, -0.2) is 10.2 Å². The average Bonchev–Trinajstić information content (AvgIpc) is 2.70. The van der Waals surface area contributed by atoms with Gasteiger partial charge in [0.2, 0.25) is 0 Å². The Bertz CT molecular complexity index is 618. The Balaban J connectivity index is 2.25. The van der Waals surface area contributed by atoms with Gasteiger partial charge < -0.3 is 10.2 Å². The number of phenols is 2. The van der Waals surface area contributed by atoms with Crippen LogP contribution in [0.5, 0.6) is 11.5 Å². The van der Waals surface area contributed by atoms with Crippen LogP contribution in [0.2, 0.25) is 0 Å². The normalized spacial score (nSPS) is 14.7. The molecule has 180 valence electrons. The molecule has 0 bridgehead atoms. The van der Waals surface area contributed by atoms with Crippen molar-refractivity contribution in [3.05, 3.63) is 22.3 Å². The van der Waals surface area contributed by atoms with Gasteiger partial charge in [-0.2, -0.15) is 0 Å². The predicted octanol–water partition coefficient (Wildman–Crippen LogP) is 9.03. The summed E-state index contributed by atoms with van der Waals surface area (Å²) in [6, 6.07) is 0. The van der Waals surface area contributed by atoms with Crippen molar-refractivity contribution < 1.29 is 10.2 Å². The number of rotatable bonds is 15. The quantitative estimate of drug-likeness (QED) is 0.271. The smallest absolute Gasteiger partial charge is 0.122 e. The van der Waals surface area contributed by atoms with Gasteiger partial charge >= 0.3 is 0 Å². The number of aromatic hydroxyl groups is 2. The molecule has 0 unspecified atom stereocenters. The number of hydrogen-bond acceptors (Lipinski definition) is 2. The third-order valence-corrected chi connectivity index (χ3v) is 7.52. The van der Waals surface area contributed by atoms with E-state index in [1.54, 1.807) is 0 Å². The highest BCUT2D eigenvalue weighted by Gasteiger charge is 2.17. The van der Waals surface area contributed by atoms with Crippen LogP contribution in [0.3, 0.4) is 0 Å². The summed E-state index contributed by atoms with van der Waals surface area (Å²) in [5, 5.41) is 20.8. The molecule has 1 rings (SSSR count). The molecule has 3 atom stereocenters. The summed E-state index contributed by atoms with van der Waals surface area (Å²) in [5.74, 6) is 3.94. The van der Waals surface area contributed by atoms with Crippen LogP contribution in [0.4, 0.5) is 0 Å². The molecule has 0 saturated heterocycles. The molecule has 0 aliphatic rings. The molecule has 0 radical (unpaired) electrons. The van der Waals surface area contributed by atoms with Gasteiger partial charge in [-0.05, 0) is 74.0 Å². The van der Waals surface area contributed by atoms with Crippen LogP contribution >= 0.6 is 0 Å². The monoisotopic (exact) mass is 432 g/mol. The maximum atomic E-state index is 10.5. The fourth-order valence-electron chi connectivity index (χ4n) is 4.82. The van der Waals surface area contributed by atoms with Gasteiger partial charge in [0.15, 0.2) is 0 Å². The van der Waals surface area contributed by atoms with Crippen LogP contribution in [0, 0.1) is 44.4 Å². The maximum Gasteiger partial charge on any atom is 0.122 e. The second kappa shape index (κ2) is 14.1. The van der Waals surface area contributed by atoms with Crippen LogP contribution in [0.1, 0.15) is 121 Å². The first-order valence-electron chi connectivity index (χ1n) is 13.0. The lowest BCUT2D eigenvalue weighted by Crippen LogP contribution is -2.03. The highest BCUT2D eigenvalue weighted by atomic mass is 16.3. The SMILES string of the molecule is Cc1c(C)c(O)c(CC[C@H](C)CCC[C@H](C)CCC[C@H](C)CCCC(C)C)c(C)c1O. The minimum Gasteiger partial charge on any atom is -0.507 e. The summed E-state index contributed by atoms with van der Waals surface area (Å²) in [5.41, 5.74) is 3.39. The minimum atomic E-state index is 0.348. The second-order valence-corrected chi connectivity index (χ2v) is 11.1. The van der Waals surface area contributed by atoms with Gasteiger partial charge in [0.05, 0.1) is 0 Å². The molecule has 0 aliphatic carbocycles.